The first-order valence-corrected chi connectivity index (χ1v) is 15.4. The highest BCUT2D eigenvalue weighted by Crippen LogP contribution is 2.37. The molecule has 236 valence electrons. The van der Waals surface area contributed by atoms with Gasteiger partial charge in [0, 0.05) is 58.8 Å². The number of rotatable bonds is 12. The van der Waals surface area contributed by atoms with E-state index < -0.39 is 17.9 Å². The molecule has 11 heteroatoms. The van der Waals surface area contributed by atoms with Crippen LogP contribution in [0.15, 0.2) is 47.3 Å². The van der Waals surface area contributed by atoms with Crippen molar-refractivity contribution in [3.63, 3.8) is 0 Å². The highest BCUT2D eigenvalue weighted by molar-refractivity contribution is 7.80. The normalized spacial score (nSPS) is 27.6. The van der Waals surface area contributed by atoms with Crippen LogP contribution in [0.3, 0.4) is 0 Å². The molecular formula is C33H42N4O6S. The van der Waals surface area contributed by atoms with Gasteiger partial charge in [-0.15, -0.1) is 6.58 Å². The number of hydrogen-bond donors (Lipinski definition) is 7. The number of aromatic amines is 1. The number of thiol groups is 1. The SMILES string of the molecule is C=CC1C(=C)[C@@H](CC2N/C(=C\c3[nH]c(/C=C4\NC(=O)[C@H](C)[C@H]4C(C)S)c(C)c3CCC(=O)O)C(CCC(=O)O)=C2C)NC1=O. The number of allylic oxidation sites excluding steroid dienone is 2. The lowest BCUT2D eigenvalue weighted by atomic mass is 9.91. The number of carboxylic acid groups (broad SMARTS) is 2. The third kappa shape index (κ3) is 6.72. The van der Waals surface area contributed by atoms with E-state index >= 15 is 0 Å². The first kappa shape index (κ1) is 32.9. The molecule has 0 aromatic carbocycles. The van der Waals surface area contributed by atoms with Crippen LogP contribution >= 0.6 is 12.6 Å². The number of hydrogen-bond acceptors (Lipinski definition) is 6. The minimum atomic E-state index is -0.918. The van der Waals surface area contributed by atoms with E-state index in [1.807, 2.05) is 39.8 Å². The van der Waals surface area contributed by atoms with E-state index in [1.54, 1.807) is 6.08 Å². The van der Waals surface area contributed by atoms with E-state index in [-0.39, 0.29) is 60.2 Å². The van der Waals surface area contributed by atoms with Crippen LogP contribution in [0.25, 0.3) is 12.2 Å². The van der Waals surface area contributed by atoms with Crippen molar-refractivity contribution in [2.75, 3.05) is 0 Å². The van der Waals surface area contributed by atoms with Crippen LogP contribution in [0.4, 0.5) is 0 Å². The van der Waals surface area contributed by atoms with Crippen molar-refractivity contribution < 1.29 is 29.4 Å². The number of carbonyl (C=O) groups excluding carboxylic acids is 2. The van der Waals surface area contributed by atoms with Gasteiger partial charge in [0.2, 0.25) is 11.8 Å². The standard InChI is InChI=1S/C33H42N4O6S/c1-7-20-15(2)25(36-33(20)43)12-23-16(3)21(8-10-29(38)39)26(34-23)14-27-22(9-11-30(40)41)17(4)24(35-27)13-28-31(19(6)44)18(5)32(42)37-28/h7,13-14,18-20,23,25,31,34-35,44H,1-2,8-12H2,3-6H3,(H,36,43)(H,37,42)(H,38,39)(H,40,41)/b26-14-,28-13-/t18-,19?,20?,23?,25-,31+/m1/s1. The minimum absolute atomic E-state index is 0.0576. The Bertz CT molecular complexity index is 1500. The van der Waals surface area contributed by atoms with E-state index in [4.69, 9.17) is 0 Å². The number of H-pyrrole nitrogens is 1. The van der Waals surface area contributed by atoms with Crippen molar-refractivity contribution in [2.45, 2.75) is 77.1 Å². The molecule has 2 saturated heterocycles. The molecule has 2 amide bonds. The van der Waals surface area contributed by atoms with Gasteiger partial charge in [0.25, 0.3) is 0 Å². The molecule has 0 spiro atoms. The maximum Gasteiger partial charge on any atom is 0.303 e. The summed E-state index contributed by atoms with van der Waals surface area (Å²) in [5.41, 5.74) is 7.24. The zero-order valence-electron chi connectivity index (χ0n) is 25.6. The van der Waals surface area contributed by atoms with Crippen LogP contribution in [0, 0.1) is 24.7 Å². The van der Waals surface area contributed by atoms with Crippen LogP contribution in [0.2, 0.25) is 0 Å². The molecule has 0 saturated carbocycles. The van der Waals surface area contributed by atoms with Gasteiger partial charge in [0.05, 0.1) is 12.0 Å². The van der Waals surface area contributed by atoms with Gasteiger partial charge >= 0.3 is 11.9 Å². The Labute approximate surface area is 263 Å². The predicted molar refractivity (Wildman–Crippen MR) is 173 cm³/mol. The van der Waals surface area contributed by atoms with Gasteiger partial charge in [-0.1, -0.05) is 26.5 Å². The molecular weight excluding hydrogens is 580 g/mol. The summed E-state index contributed by atoms with van der Waals surface area (Å²) in [4.78, 5) is 51.4. The fourth-order valence-electron chi connectivity index (χ4n) is 6.56. The zero-order valence-corrected chi connectivity index (χ0v) is 26.5. The molecule has 2 fully saturated rings. The van der Waals surface area contributed by atoms with E-state index in [0.29, 0.717) is 18.5 Å². The number of carboxylic acids is 2. The van der Waals surface area contributed by atoms with Gasteiger partial charge in [-0.05, 0) is 73.1 Å². The van der Waals surface area contributed by atoms with Gasteiger partial charge in [-0.2, -0.15) is 12.6 Å². The number of nitrogens with one attached hydrogen (secondary N) is 4. The molecule has 6 atom stereocenters. The van der Waals surface area contributed by atoms with Gasteiger partial charge in [0.15, 0.2) is 0 Å². The number of aromatic nitrogens is 1. The summed E-state index contributed by atoms with van der Waals surface area (Å²) in [6.07, 6.45) is 6.39. The fourth-order valence-corrected chi connectivity index (χ4v) is 6.98. The fraction of sp³-hybridized carbons (Fsp3) is 0.455. The summed E-state index contributed by atoms with van der Waals surface area (Å²) in [5, 5.41) is 28.4. The quantitative estimate of drug-likeness (QED) is 0.136. The second-order valence-electron chi connectivity index (χ2n) is 12.0. The van der Waals surface area contributed by atoms with Gasteiger partial charge < -0.3 is 31.1 Å². The molecule has 3 unspecified atom stereocenters. The average Bonchev–Trinajstić information content (AvgIpc) is 3.59. The van der Waals surface area contributed by atoms with Gasteiger partial charge in [-0.3, -0.25) is 19.2 Å². The lowest BCUT2D eigenvalue weighted by Gasteiger charge is -2.20. The summed E-state index contributed by atoms with van der Waals surface area (Å²) in [5.74, 6) is -2.81. The first-order chi connectivity index (χ1) is 20.7. The summed E-state index contributed by atoms with van der Waals surface area (Å²) in [7, 11) is 0. The largest absolute Gasteiger partial charge is 0.481 e. The maximum atomic E-state index is 12.5. The second kappa shape index (κ2) is 13.3. The van der Waals surface area contributed by atoms with Crippen molar-refractivity contribution in [1.29, 1.82) is 0 Å². The third-order valence-electron chi connectivity index (χ3n) is 9.12. The highest BCUT2D eigenvalue weighted by Gasteiger charge is 2.39. The lowest BCUT2D eigenvalue weighted by Crippen LogP contribution is -2.34. The van der Waals surface area contributed by atoms with Crippen LogP contribution in [0.5, 0.6) is 0 Å². The molecule has 3 aliphatic rings. The number of amides is 2. The molecule has 10 nitrogen and oxygen atoms in total. The molecule has 44 heavy (non-hydrogen) atoms. The Balaban J connectivity index is 1.74. The van der Waals surface area contributed by atoms with Crippen LogP contribution < -0.4 is 16.0 Å². The molecule has 0 radical (unpaired) electrons. The van der Waals surface area contributed by atoms with E-state index in [9.17, 15) is 29.4 Å². The molecule has 0 bridgehead atoms. The monoisotopic (exact) mass is 622 g/mol. The second-order valence-corrected chi connectivity index (χ2v) is 12.8. The number of aliphatic carboxylic acids is 2. The predicted octanol–water partition coefficient (Wildman–Crippen LogP) is 4.12. The van der Waals surface area contributed by atoms with E-state index in [0.717, 1.165) is 44.9 Å². The smallest absolute Gasteiger partial charge is 0.303 e. The van der Waals surface area contributed by atoms with E-state index in [1.165, 1.54) is 0 Å². The van der Waals surface area contributed by atoms with Crippen LogP contribution in [-0.4, -0.2) is 56.3 Å². The summed E-state index contributed by atoms with van der Waals surface area (Å²) in [6.45, 7) is 15.6. The molecule has 3 aliphatic heterocycles. The van der Waals surface area contributed by atoms with Crippen LogP contribution in [-0.2, 0) is 25.6 Å². The van der Waals surface area contributed by atoms with Gasteiger partial charge in [-0.25, -0.2) is 0 Å². The molecule has 4 heterocycles. The Morgan fingerprint density at radius 1 is 1.00 bits per heavy atom. The van der Waals surface area contributed by atoms with Crippen LogP contribution in [0.1, 0.15) is 69.0 Å². The van der Waals surface area contributed by atoms with Crippen molar-refractivity contribution in [1.82, 2.24) is 20.9 Å². The Kier molecular flexibility index (Phi) is 9.98. The summed E-state index contributed by atoms with van der Waals surface area (Å²) >= 11 is 4.62. The van der Waals surface area contributed by atoms with E-state index in [2.05, 4.69) is 46.7 Å². The molecule has 1 aromatic heterocycles. The summed E-state index contributed by atoms with van der Waals surface area (Å²) in [6, 6.07) is -0.440. The van der Waals surface area contributed by atoms with Gasteiger partial charge in [0.1, 0.15) is 0 Å². The number of carbonyl (C=O) groups is 4. The Hall–Kier alpha value is -3.99. The average molecular weight is 623 g/mol. The van der Waals surface area contributed by atoms with Crippen molar-refractivity contribution >= 4 is 48.5 Å². The lowest BCUT2D eigenvalue weighted by molar-refractivity contribution is -0.138. The summed E-state index contributed by atoms with van der Waals surface area (Å²) < 4.78 is 0. The Morgan fingerprint density at radius 2 is 1.66 bits per heavy atom. The first-order valence-electron chi connectivity index (χ1n) is 14.9. The zero-order chi connectivity index (χ0) is 32.5. The molecule has 6 N–H and O–H groups in total. The molecule has 4 rings (SSSR count). The van der Waals surface area contributed by atoms with Crippen molar-refractivity contribution in [3.8, 4) is 0 Å². The molecule has 0 aliphatic carbocycles. The van der Waals surface area contributed by atoms with Crippen molar-refractivity contribution in [3.05, 3.63) is 69.9 Å². The van der Waals surface area contributed by atoms with Crippen molar-refractivity contribution in [2.24, 2.45) is 17.8 Å². The Morgan fingerprint density at radius 3 is 2.25 bits per heavy atom. The molecule has 1 aromatic rings. The minimum Gasteiger partial charge on any atom is -0.481 e. The maximum absolute atomic E-state index is 12.5. The highest BCUT2D eigenvalue weighted by atomic mass is 32.1. The third-order valence-corrected chi connectivity index (χ3v) is 9.44. The topological polar surface area (TPSA) is 161 Å².